The number of carbonyl (C=O) groups excluding carboxylic acids is 2. The van der Waals surface area contributed by atoms with E-state index >= 15 is 0 Å². The largest absolute Gasteiger partial charge is 0.411 e. The second-order valence-electron chi connectivity index (χ2n) is 7.96. The van der Waals surface area contributed by atoms with Crippen LogP contribution in [0.1, 0.15) is 12.0 Å². The molecule has 4 rings (SSSR count). The summed E-state index contributed by atoms with van der Waals surface area (Å²) in [5.74, 6) is -1.57. The van der Waals surface area contributed by atoms with Gasteiger partial charge in [-0.3, -0.25) is 9.59 Å². The van der Waals surface area contributed by atoms with Crippen molar-refractivity contribution >= 4 is 29.2 Å². The molecule has 3 aromatic rings. The number of aromatic nitrogens is 2. The van der Waals surface area contributed by atoms with Gasteiger partial charge in [0.15, 0.2) is 5.82 Å². The number of hydrogen-bond acceptors (Lipinski definition) is 4. The molecular formula is C23H19ClF4N4O3. The molecule has 0 aliphatic carbocycles. The van der Waals surface area contributed by atoms with E-state index in [1.165, 1.54) is 35.0 Å². The van der Waals surface area contributed by atoms with E-state index in [0.29, 0.717) is 22.5 Å². The highest BCUT2D eigenvalue weighted by atomic mass is 35.5. The van der Waals surface area contributed by atoms with E-state index in [-0.39, 0.29) is 36.3 Å². The number of amides is 2. The summed E-state index contributed by atoms with van der Waals surface area (Å²) < 4.78 is 57.4. The van der Waals surface area contributed by atoms with Crippen molar-refractivity contribution in [1.82, 2.24) is 15.1 Å². The molecule has 1 fully saturated rings. The fourth-order valence-corrected chi connectivity index (χ4v) is 3.90. The van der Waals surface area contributed by atoms with Crippen molar-refractivity contribution in [2.45, 2.75) is 19.2 Å². The van der Waals surface area contributed by atoms with Crippen LogP contribution in [0.15, 0.2) is 48.5 Å². The Morgan fingerprint density at radius 2 is 2.03 bits per heavy atom. The summed E-state index contributed by atoms with van der Waals surface area (Å²) in [6.07, 6.45) is -4.41. The lowest BCUT2D eigenvalue weighted by Crippen LogP contribution is -2.24. The van der Waals surface area contributed by atoms with E-state index in [1.54, 1.807) is 18.2 Å². The predicted octanol–water partition coefficient (Wildman–Crippen LogP) is 4.49. The Morgan fingerprint density at radius 3 is 2.71 bits per heavy atom. The van der Waals surface area contributed by atoms with Crippen molar-refractivity contribution in [1.29, 1.82) is 0 Å². The van der Waals surface area contributed by atoms with Crippen molar-refractivity contribution in [2.24, 2.45) is 5.92 Å². The average molecular weight is 511 g/mol. The van der Waals surface area contributed by atoms with Gasteiger partial charge in [-0.05, 0) is 42.0 Å². The number of rotatable bonds is 7. The second kappa shape index (κ2) is 10.0. The lowest BCUT2D eigenvalue weighted by Gasteiger charge is -2.11. The molecule has 2 N–H and O–H groups in total. The molecule has 35 heavy (non-hydrogen) atoms. The smallest absolute Gasteiger partial charge is 0.367 e. The Morgan fingerprint density at radius 1 is 1.23 bits per heavy atom. The van der Waals surface area contributed by atoms with Crippen molar-refractivity contribution in [3.63, 3.8) is 0 Å². The summed E-state index contributed by atoms with van der Waals surface area (Å²) in [6.45, 7) is -1.55. The highest BCUT2D eigenvalue weighted by Crippen LogP contribution is 2.30. The van der Waals surface area contributed by atoms with Crippen LogP contribution in [-0.2, 0) is 20.9 Å². The molecule has 0 unspecified atom stereocenters. The van der Waals surface area contributed by atoms with Gasteiger partial charge < -0.3 is 15.4 Å². The third-order valence-electron chi connectivity index (χ3n) is 5.15. The number of halogens is 5. The zero-order valence-corrected chi connectivity index (χ0v) is 18.8. The maximum absolute atomic E-state index is 13.9. The molecule has 184 valence electrons. The van der Waals surface area contributed by atoms with Crippen molar-refractivity contribution < 1.29 is 31.9 Å². The minimum Gasteiger partial charge on any atom is -0.367 e. The van der Waals surface area contributed by atoms with Crippen LogP contribution in [0.4, 0.5) is 23.4 Å². The van der Waals surface area contributed by atoms with E-state index in [2.05, 4.69) is 15.7 Å². The van der Waals surface area contributed by atoms with Gasteiger partial charge in [0.25, 0.3) is 0 Å². The maximum Gasteiger partial charge on any atom is 0.411 e. The molecule has 2 aromatic carbocycles. The van der Waals surface area contributed by atoms with Crippen LogP contribution in [0.5, 0.6) is 0 Å². The highest BCUT2D eigenvalue weighted by Gasteiger charge is 2.29. The van der Waals surface area contributed by atoms with Gasteiger partial charge in [0.1, 0.15) is 12.4 Å². The third kappa shape index (κ3) is 6.37. The minimum absolute atomic E-state index is 0.0544. The lowest BCUT2D eigenvalue weighted by atomic mass is 10.1. The molecule has 2 heterocycles. The third-order valence-corrected chi connectivity index (χ3v) is 5.37. The van der Waals surface area contributed by atoms with Crippen LogP contribution in [0.25, 0.3) is 16.9 Å². The topological polar surface area (TPSA) is 85.2 Å². The van der Waals surface area contributed by atoms with Crippen LogP contribution >= 0.6 is 11.6 Å². The van der Waals surface area contributed by atoms with E-state index in [9.17, 15) is 27.2 Å². The molecule has 1 saturated heterocycles. The highest BCUT2D eigenvalue weighted by molar-refractivity contribution is 6.31. The van der Waals surface area contributed by atoms with Gasteiger partial charge in [0, 0.05) is 29.6 Å². The van der Waals surface area contributed by atoms with Crippen molar-refractivity contribution in [2.75, 3.05) is 18.5 Å². The Labute approximate surface area is 202 Å². The molecule has 0 bridgehead atoms. The molecule has 0 radical (unpaired) electrons. The van der Waals surface area contributed by atoms with Crippen LogP contribution in [0, 0.1) is 11.7 Å². The van der Waals surface area contributed by atoms with Gasteiger partial charge in [0.05, 0.1) is 23.9 Å². The Bertz CT molecular complexity index is 1260. The monoisotopic (exact) mass is 510 g/mol. The quantitative estimate of drug-likeness (QED) is 0.459. The van der Waals surface area contributed by atoms with Gasteiger partial charge in [-0.25, -0.2) is 9.07 Å². The molecule has 0 spiro atoms. The van der Waals surface area contributed by atoms with E-state index < -0.39 is 30.4 Å². The zero-order valence-electron chi connectivity index (χ0n) is 18.0. The van der Waals surface area contributed by atoms with Gasteiger partial charge in [0.2, 0.25) is 11.8 Å². The first-order chi connectivity index (χ1) is 16.6. The van der Waals surface area contributed by atoms with Crippen LogP contribution < -0.4 is 10.6 Å². The van der Waals surface area contributed by atoms with Crippen molar-refractivity contribution in [3.8, 4) is 16.9 Å². The molecule has 1 atom stereocenters. The SMILES string of the molecule is O=C1C[C@H](C(=O)Nc2cc(-c3cc(Cl)cc(COCC(F)(F)F)c3)n(-c3cccc(F)c3)n2)CN1. The lowest BCUT2D eigenvalue weighted by molar-refractivity contribution is -0.176. The summed E-state index contributed by atoms with van der Waals surface area (Å²) >= 11 is 6.21. The standard InChI is InChI=1S/C23H19ClF4N4O3/c24-16-5-13(11-35-12-23(26,27)28)4-14(6-16)19-9-20(30-22(34)15-7-21(33)29-10-15)31-32(19)18-3-1-2-17(25)8-18/h1-6,8-9,15H,7,10-12H2,(H,29,33)(H,30,31,34)/t15-/m0/s1. The number of ether oxygens (including phenoxy) is 1. The molecule has 2 amide bonds. The first-order valence-electron chi connectivity index (χ1n) is 10.5. The molecule has 1 aliphatic rings. The first-order valence-corrected chi connectivity index (χ1v) is 10.8. The average Bonchev–Trinajstić information content (AvgIpc) is 3.39. The van der Waals surface area contributed by atoms with E-state index in [4.69, 9.17) is 16.3 Å². The fourth-order valence-electron chi connectivity index (χ4n) is 3.64. The van der Waals surface area contributed by atoms with Crippen molar-refractivity contribution in [3.05, 3.63) is 64.9 Å². The maximum atomic E-state index is 13.9. The van der Waals surface area contributed by atoms with Crippen LogP contribution in [0.2, 0.25) is 5.02 Å². The second-order valence-corrected chi connectivity index (χ2v) is 8.39. The molecule has 12 heteroatoms. The van der Waals surface area contributed by atoms with Gasteiger partial charge in [-0.15, -0.1) is 5.10 Å². The van der Waals surface area contributed by atoms with Gasteiger partial charge >= 0.3 is 6.18 Å². The Balaban J connectivity index is 1.67. The van der Waals surface area contributed by atoms with Crippen LogP contribution in [-0.4, -0.2) is 40.9 Å². The predicted molar refractivity (Wildman–Crippen MR) is 119 cm³/mol. The number of nitrogens with zero attached hydrogens (tertiary/aromatic N) is 2. The summed E-state index contributed by atoms with van der Waals surface area (Å²) in [7, 11) is 0. The number of benzene rings is 2. The summed E-state index contributed by atoms with van der Waals surface area (Å²) in [6, 6.07) is 11.7. The molecule has 1 aliphatic heterocycles. The Kier molecular flexibility index (Phi) is 7.08. The molecule has 1 aromatic heterocycles. The molecule has 7 nitrogen and oxygen atoms in total. The fraction of sp³-hybridized carbons (Fsp3) is 0.261. The summed E-state index contributed by atoms with van der Waals surface area (Å²) in [5, 5.41) is 9.85. The number of hydrogen-bond donors (Lipinski definition) is 2. The normalized spacial score (nSPS) is 15.8. The van der Waals surface area contributed by atoms with E-state index in [1.807, 2.05) is 0 Å². The number of anilines is 1. The van der Waals surface area contributed by atoms with Gasteiger partial charge in [-0.2, -0.15) is 13.2 Å². The summed E-state index contributed by atoms with van der Waals surface area (Å²) in [4.78, 5) is 24.0. The minimum atomic E-state index is -4.47. The number of nitrogens with one attached hydrogen (secondary N) is 2. The number of alkyl halides is 3. The van der Waals surface area contributed by atoms with E-state index in [0.717, 1.165) is 0 Å². The zero-order chi connectivity index (χ0) is 25.2. The number of carbonyl (C=O) groups is 2. The molecular weight excluding hydrogens is 492 g/mol. The molecule has 0 saturated carbocycles. The van der Waals surface area contributed by atoms with Gasteiger partial charge in [-0.1, -0.05) is 17.7 Å². The first kappa shape index (κ1) is 24.7. The summed E-state index contributed by atoms with van der Waals surface area (Å²) in [5.41, 5.74) is 1.57. The Hall–Kier alpha value is -3.44. The van der Waals surface area contributed by atoms with Crippen LogP contribution in [0.3, 0.4) is 0 Å².